The molecular formula is C30H39O10PS3. The summed E-state index contributed by atoms with van der Waals surface area (Å²) in [4.78, 5) is 39.1. The number of carbonyl (C=O) groups is 3. The lowest BCUT2D eigenvalue weighted by Crippen LogP contribution is -2.46. The molecule has 10 nitrogen and oxygen atoms in total. The number of rotatable bonds is 15. The maximum Gasteiger partial charge on any atom is 0.530 e. The Morgan fingerprint density at radius 3 is 0.886 bits per heavy atom. The lowest BCUT2D eigenvalue weighted by molar-refractivity contribution is 0.101. The van der Waals surface area contributed by atoms with Crippen molar-refractivity contribution in [3.8, 4) is 0 Å². The first-order valence-corrected chi connectivity index (χ1v) is 23.3. The molecular weight excluding hydrogens is 647 g/mol. The highest BCUT2D eigenvalue weighted by atomic mass is 32.3. The summed E-state index contributed by atoms with van der Waals surface area (Å²) in [6.07, 6.45) is 6.12. The largest absolute Gasteiger partial charge is 0.530 e. The van der Waals surface area contributed by atoms with Gasteiger partial charge >= 0.3 is 7.82 Å². The smallest absolute Gasteiger partial charge is 0.292 e. The van der Waals surface area contributed by atoms with E-state index < -0.39 is 70.5 Å². The molecule has 14 heteroatoms. The van der Waals surface area contributed by atoms with Gasteiger partial charge in [-0.1, -0.05) is 91.0 Å². The molecule has 0 atom stereocenters. The Morgan fingerprint density at radius 2 is 0.682 bits per heavy atom. The van der Waals surface area contributed by atoms with Crippen LogP contribution in [0.2, 0.25) is 0 Å². The zero-order valence-electron chi connectivity index (χ0n) is 25.5. The van der Waals surface area contributed by atoms with Crippen molar-refractivity contribution in [1.29, 1.82) is 0 Å². The molecule has 0 amide bonds. The number of ketones is 3. The third-order valence-corrected chi connectivity index (χ3v) is 16.9. The topological polar surface area (TPSA) is 147 Å². The molecule has 3 aromatic rings. The van der Waals surface area contributed by atoms with Crippen LogP contribution in [0.5, 0.6) is 0 Å². The lowest BCUT2D eigenvalue weighted by atomic mass is 10.2. The van der Waals surface area contributed by atoms with Crippen LogP contribution in [0.1, 0.15) is 31.1 Å². The monoisotopic (exact) mass is 686 g/mol. The van der Waals surface area contributed by atoms with Crippen molar-refractivity contribution >= 4 is 53.2 Å². The van der Waals surface area contributed by atoms with Crippen LogP contribution >= 0.6 is 7.82 Å². The second-order valence-electron chi connectivity index (χ2n) is 12.3. The van der Waals surface area contributed by atoms with Gasteiger partial charge in [-0.25, -0.2) is 17.2 Å². The third kappa shape index (κ3) is 11.0. The van der Waals surface area contributed by atoms with Gasteiger partial charge in [-0.15, -0.1) is 0 Å². The van der Waals surface area contributed by atoms with Crippen molar-refractivity contribution in [3.63, 3.8) is 0 Å². The number of carbonyl (C=O) groups excluding carboxylic acids is 3. The lowest BCUT2D eigenvalue weighted by Gasteiger charge is -2.48. The van der Waals surface area contributed by atoms with E-state index in [0.717, 1.165) is 37.5 Å². The van der Waals surface area contributed by atoms with Gasteiger partial charge in [-0.3, -0.25) is 14.4 Å². The van der Waals surface area contributed by atoms with Crippen LogP contribution < -0.4 is 0 Å². The average molecular weight is 687 g/mol. The van der Waals surface area contributed by atoms with Crippen LogP contribution in [0, 0.1) is 0 Å². The zero-order valence-corrected chi connectivity index (χ0v) is 28.9. The summed E-state index contributed by atoms with van der Waals surface area (Å²) < 4.78 is 73.7. The second-order valence-corrected chi connectivity index (χ2v) is 27.6. The molecule has 0 N–H and O–H groups in total. The van der Waals surface area contributed by atoms with Gasteiger partial charge < -0.3 is 0 Å². The van der Waals surface area contributed by atoms with E-state index >= 15 is 0 Å². The van der Waals surface area contributed by atoms with Crippen LogP contribution in [-0.4, -0.2) is 84.8 Å². The van der Waals surface area contributed by atoms with E-state index in [2.05, 4.69) is 0 Å². The van der Waals surface area contributed by atoms with Crippen molar-refractivity contribution in [1.82, 2.24) is 0 Å². The Kier molecular flexibility index (Phi) is 9.63. The molecule has 0 radical (unpaired) electrons. The molecule has 0 bridgehead atoms. The van der Waals surface area contributed by atoms with E-state index in [4.69, 9.17) is 11.9 Å². The van der Waals surface area contributed by atoms with E-state index in [1.807, 2.05) is 0 Å². The summed E-state index contributed by atoms with van der Waals surface area (Å²) in [5.41, 5.74) is 0.578. The molecule has 0 aliphatic rings. The van der Waals surface area contributed by atoms with Gasteiger partial charge in [-0.2, -0.15) is 39.9 Å². The highest BCUT2D eigenvalue weighted by Gasteiger charge is 2.49. The number of phosphoric acid groups is 1. The van der Waals surface area contributed by atoms with E-state index in [1.54, 1.807) is 54.6 Å². The van der Waals surface area contributed by atoms with Crippen molar-refractivity contribution in [2.45, 2.75) is 0 Å². The number of benzene rings is 3. The molecule has 0 aromatic heterocycles. The SMILES string of the molecule is CS(C)(=O)(CC(=O)c1ccccc1)OP(=O)(OS(C)(C)(=O)CC(=O)c1ccccc1)OS(C)(C)(=O)CC(=O)c1ccccc1. The fourth-order valence-corrected chi connectivity index (χ4v) is 15.3. The van der Waals surface area contributed by atoms with Crippen molar-refractivity contribution in [2.24, 2.45) is 0 Å². The summed E-state index contributed by atoms with van der Waals surface area (Å²) in [6, 6.07) is 23.6. The Labute approximate surface area is 258 Å². The van der Waals surface area contributed by atoms with Gasteiger partial charge in [0.1, 0.15) is 0 Å². The fraction of sp³-hybridized carbons (Fsp3) is 0.300. The normalized spacial score (nSPS) is 16.5. The van der Waals surface area contributed by atoms with Gasteiger partial charge in [0.15, 0.2) is 17.3 Å². The Balaban J connectivity index is 2.03. The maximum atomic E-state index is 14.5. The van der Waals surface area contributed by atoms with Crippen molar-refractivity contribution in [2.75, 3.05) is 54.8 Å². The van der Waals surface area contributed by atoms with Crippen LogP contribution in [0.15, 0.2) is 91.0 Å². The molecule has 3 rings (SSSR count). The van der Waals surface area contributed by atoms with Crippen LogP contribution in [-0.2, 0) is 44.5 Å². The molecule has 0 unspecified atom stereocenters. The fourth-order valence-electron chi connectivity index (χ4n) is 4.20. The highest BCUT2D eigenvalue weighted by molar-refractivity contribution is 8.22. The summed E-state index contributed by atoms with van der Waals surface area (Å²) in [5, 5.41) is 0. The quantitative estimate of drug-likeness (QED) is 0.162. The molecule has 0 aliphatic heterocycles. The molecule has 0 aliphatic carbocycles. The molecule has 3 aromatic carbocycles. The first-order chi connectivity index (χ1) is 19.9. The minimum atomic E-state index is -5.47. The van der Waals surface area contributed by atoms with E-state index in [-0.39, 0.29) is 16.7 Å². The van der Waals surface area contributed by atoms with Crippen LogP contribution in [0.25, 0.3) is 0 Å². The van der Waals surface area contributed by atoms with Crippen molar-refractivity contribution in [3.05, 3.63) is 108 Å². The van der Waals surface area contributed by atoms with E-state index in [0.29, 0.717) is 0 Å². The van der Waals surface area contributed by atoms with Crippen LogP contribution in [0.3, 0.4) is 0 Å². The summed E-state index contributed by atoms with van der Waals surface area (Å²) in [5.74, 6) is -4.26. The molecule has 0 heterocycles. The minimum absolute atomic E-state index is 0.193. The third-order valence-electron chi connectivity index (χ3n) is 5.87. The second kappa shape index (κ2) is 11.9. The van der Waals surface area contributed by atoms with E-state index in [1.165, 1.54) is 36.4 Å². The number of hydrogen-bond donors (Lipinski definition) is 0. The van der Waals surface area contributed by atoms with E-state index in [9.17, 15) is 31.6 Å². The standard InChI is InChI=1S/C30H39O10PS3/c1-42(2,35,22-28(31)25-16-10-7-11-17-25)38-41(34,39-43(3,4,36)23-29(32)26-18-12-8-13-19-26)40-44(5,6,37)24-30(33)27-20-14-9-15-21-27/h7-21H,22-24H2,1-6H3. The zero-order chi connectivity index (χ0) is 33.2. The van der Waals surface area contributed by atoms with Gasteiger partial charge in [0, 0.05) is 54.2 Å². The summed E-state index contributed by atoms with van der Waals surface area (Å²) in [7, 11) is -19.8. The van der Waals surface area contributed by atoms with Crippen LogP contribution in [0.4, 0.5) is 0 Å². The molecule has 0 fully saturated rings. The molecule has 0 saturated carbocycles. The molecule has 0 spiro atoms. The first kappa shape index (κ1) is 35.7. The number of hydrogen-bond acceptors (Lipinski definition) is 10. The average Bonchev–Trinajstić information content (AvgIpc) is 2.86. The first-order valence-electron chi connectivity index (χ1n) is 13.2. The maximum absolute atomic E-state index is 14.5. The van der Waals surface area contributed by atoms with Gasteiger partial charge in [-0.05, 0) is 0 Å². The Bertz CT molecular complexity index is 1610. The van der Waals surface area contributed by atoms with Gasteiger partial charge in [0.05, 0.1) is 17.3 Å². The summed E-state index contributed by atoms with van der Waals surface area (Å²) in [6.45, 7) is 0. The Morgan fingerprint density at radius 1 is 0.477 bits per heavy atom. The minimum Gasteiger partial charge on any atom is -0.292 e. The highest BCUT2D eigenvalue weighted by Crippen LogP contribution is 2.62. The molecule has 44 heavy (non-hydrogen) atoms. The molecule has 242 valence electrons. The predicted octanol–water partition coefficient (Wildman–Crippen LogP) is 4.78. The Hall–Kier alpha value is -2.77. The summed E-state index contributed by atoms with van der Waals surface area (Å²) >= 11 is 0. The van der Waals surface area contributed by atoms with Crippen molar-refractivity contribution < 1.29 is 43.5 Å². The number of Topliss-reactive ketones (excluding diaryl/α,β-unsaturated/α-hetero) is 3. The predicted molar refractivity (Wildman–Crippen MR) is 178 cm³/mol. The van der Waals surface area contributed by atoms with Gasteiger partial charge in [0.2, 0.25) is 0 Å². The molecule has 0 saturated heterocycles. The van der Waals surface area contributed by atoms with Gasteiger partial charge in [0.25, 0.3) is 0 Å².